The van der Waals surface area contributed by atoms with E-state index in [1.54, 1.807) is 18.0 Å². The van der Waals surface area contributed by atoms with Gasteiger partial charge in [-0.2, -0.15) is 0 Å². The number of aliphatic hydroxyl groups excluding tert-OH is 1. The third-order valence-electron chi connectivity index (χ3n) is 4.36. The number of carbonyl (C=O) groups is 1. The number of hydrogen-bond acceptors (Lipinski definition) is 3. The van der Waals surface area contributed by atoms with Crippen molar-refractivity contribution in [2.75, 3.05) is 20.8 Å². The molecule has 1 aromatic carbocycles. The minimum atomic E-state index is -0.610. The average Bonchev–Trinajstić information content (AvgIpc) is 2.54. The number of ether oxygens (including phenoxy) is 1. The monoisotopic (exact) mass is 295 g/mol. The number of halogens is 1. The Labute approximate surface area is 124 Å². The SMILES string of the molecule is COc1cccc(C(=O)N(C)C2CCC(CO)CC2)c1F. The summed E-state index contributed by atoms with van der Waals surface area (Å²) in [5.41, 5.74) is 0.0427. The topological polar surface area (TPSA) is 49.8 Å². The van der Waals surface area contributed by atoms with Gasteiger partial charge in [0.15, 0.2) is 11.6 Å². The molecule has 0 atom stereocenters. The number of nitrogens with zero attached hydrogens (tertiary/aromatic N) is 1. The molecule has 116 valence electrons. The second-order valence-corrected chi connectivity index (χ2v) is 5.59. The minimum Gasteiger partial charge on any atom is -0.494 e. The first kappa shape index (κ1) is 15.8. The van der Waals surface area contributed by atoms with Gasteiger partial charge in [-0.1, -0.05) is 6.07 Å². The lowest BCUT2D eigenvalue weighted by atomic mass is 9.86. The van der Waals surface area contributed by atoms with Crippen molar-refractivity contribution in [2.24, 2.45) is 5.92 Å². The van der Waals surface area contributed by atoms with Gasteiger partial charge in [0.1, 0.15) is 0 Å². The Morgan fingerprint density at radius 3 is 2.62 bits per heavy atom. The fourth-order valence-electron chi connectivity index (χ4n) is 2.90. The van der Waals surface area contributed by atoms with Crippen LogP contribution in [0.4, 0.5) is 4.39 Å². The molecule has 5 heteroatoms. The lowest BCUT2D eigenvalue weighted by Gasteiger charge is -2.34. The highest BCUT2D eigenvalue weighted by Gasteiger charge is 2.28. The number of carbonyl (C=O) groups excluding carboxylic acids is 1. The molecule has 1 amide bonds. The molecule has 0 unspecified atom stereocenters. The molecule has 1 saturated carbocycles. The largest absolute Gasteiger partial charge is 0.494 e. The maximum Gasteiger partial charge on any atom is 0.256 e. The van der Waals surface area contributed by atoms with Crippen molar-refractivity contribution >= 4 is 5.91 Å². The van der Waals surface area contributed by atoms with Crippen LogP contribution in [-0.2, 0) is 0 Å². The lowest BCUT2D eigenvalue weighted by Crippen LogP contribution is -2.40. The number of benzene rings is 1. The van der Waals surface area contributed by atoms with Crippen molar-refractivity contribution in [3.8, 4) is 5.75 Å². The number of rotatable bonds is 4. The van der Waals surface area contributed by atoms with E-state index in [-0.39, 0.29) is 29.9 Å². The van der Waals surface area contributed by atoms with E-state index in [1.165, 1.54) is 19.2 Å². The van der Waals surface area contributed by atoms with Crippen LogP contribution in [-0.4, -0.2) is 42.7 Å². The van der Waals surface area contributed by atoms with E-state index in [0.717, 1.165) is 25.7 Å². The Kier molecular flexibility index (Phi) is 5.17. The average molecular weight is 295 g/mol. The van der Waals surface area contributed by atoms with Crippen molar-refractivity contribution in [2.45, 2.75) is 31.7 Å². The Morgan fingerprint density at radius 2 is 2.05 bits per heavy atom. The summed E-state index contributed by atoms with van der Waals surface area (Å²) in [6.45, 7) is 0.203. The molecule has 1 fully saturated rings. The summed E-state index contributed by atoms with van der Waals surface area (Å²) in [6.07, 6.45) is 3.50. The van der Waals surface area contributed by atoms with Crippen LogP contribution in [0, 0.1) is 11.7 Å². The van der Waals surface area contributed by atoms with Crippen LogP contribution in [0.25, 0.3) is 0 Å². The second kappa shape index (κ2) is 6.89. The van der Waals surface area contributed by atoms with Gasteiger partial charge < -0.3 is 14.7 Å². The molecule has 1 aliphatic rings. The van der Waals surface area contributed by atoms with E-state index in [9.17, 15) is 9.18 Å². The van der Waals surface area contributed by atoms with Crippen molar-refractivity contribution in [3.63, 3.8) is 0 Å². The predicted molar refractivity (Wildman–Crippen MR) is 77.9 cm³/mol. The first-order chi connectivity index (χ1) is 10.1. The first-order valence-corrected chi connectivity index (χ1v) is 7.29. The predicted octanol–water partition coefficient (Wildman–Crippen LogP) is 2.46. The van der Waals surface area contributed by atoms with Gasteiger partial charge in [0.25, 0.3) is 5.91 Å². The number of methoxy groups -OCH3 is 1. The zero-order valence-corrected chi connectivity index (χ0v) is 12.5. The van der Waals surface area contributed by atoms with Crippen LogP contribution < -0.4 is 4.74 Å². The minimum absolute atomic E-state index is 0.0427. The van der Waals surface area contributed by atoms with Crippen LogP contribution in [0.5, 0.6) is 5.75 Å². The van der Waals surface area contributed by atoms with Crippen molar-refractivity contribution in [1.82, 2.24) is 4.90 Å². The highest BCUT2D eigenvalue weighted by Crippen LogP contribution is 2.28. The standard InChI is InChI=1S/C16H22FNO3/c1-18(12-8-6-11(10-19)7-9-12)16(20)13-4-3-5-14(21-2)15(13)17/h3-5,11-12,19H,6-10H2,1-2H3. The Bertz CT molecular complexity index is 498. The molecule has 0 saturated heterocycles. The smallest absolute Gasteiger partial charge is 0.256 e. The van der Waals surface area contributed by atoms with E-state index in [2.05, 4.69) is 0 Å². The quantitative estimate of drug-likeness (QED) is 0.928. The van der Waals surface area contributed by atoms with Gasteiger partial charge in [-0.05, 0) is 43.7 Å². The van der Waals surface area contributed by atoms with E-state index in [0.29, 0.717) is 5.92 Å². The molecule has 1 aliphatic carbocycles. The number of aliphatic hydroxyl groups is 1. The summed E-state index contributed by atoms with van der Waals surface area (Å²) in [5, 5.41) is 9.15. The van der Waals surface area contributed by atoms with Gasteiger partial charge in [-0.25, -0.2) is 4.39 Å². The molecular weight excluding hydrogens is 273 g/mol. The van der Waals surface area contributed by atoms with Gasteiger partial charge in [0, 0.05) is 19.7 Å². The first-order valence-electron chi connectivity index (χ1n) is 7.29. The maximum absolute atomic E-state index is 14.2. The molecule has 21 heavy (non-hydrogen) atoms. The van der Waals surface area contributed by atoms with Gasteiger partial charge in [0.2, 0.25) is 0 Å². The fourth-order valence-corrected chi connectivity index (χ4v) is 2.90. The normalized spacial score (nSPS) is 21.9. The zero-order valence-electron chi connectivity index (χ0n) is 12.5. The summed E-state index contributed by atoms with van der Waals surface area (Å²) < 4.78 is 19.1. The molecule has 0 heterocycles. The van der Waals surface area contributed by atoms with E-state index in [4.69, 9.17) is 9.84 Å². The third-order valence-corrected chi connectivity index (χ3v) is 4.36. The molecule has 4 nitrogen and oxygen atoms in total. The Hall–Kier alpha value is -1.62. The van der Waals surface area contributed by atoms with E-state index >= 15 is 0 Å². The van der Waals surface area contributed by atoms with Crippen LogP contribution in [0.15, 0.2) is 18.2 Å². The van der Waals surface area contributed by atoms with Crippen LogP contribution in [0.2, 0.25) is 0 Å². The summed E-state index contributed by atoms with van der Waals surface area (Å²) in [5.74, 6) is -0.517. The molecule has 0 bridgehead atoms. The maximum atomic E-state index is 14.2. The van der Waals surface area contributed by atoms with E-state index < -0.39 is 5.82 Å². The van der Waals surface area contributed by atoms with Gasteiger partial charge >= 0.3 is 0 Å². The summed E-state index contributed by atoms with van der Waals surface area (Å²) in [7, 11) is 3.09. The van der Waals surface area contributed by atoms with Crippen molar-refractivity contribution < 1.29 is 19.0 Å². The molecular formula is C16H22FNO3. The van der Waals surface area contributed by atoms with Crippen LogP contribution in [0.1, 0.15) is 36.0 Å². The fraction of sp³-hybridized carbons (Fsp3) is 0.562. The molecule has 0 aromatic heterocycles. The van der Waals surface area contributed by atoms with Gasteiger partial charge in [-0.15, -0.1) is 0 Å². The van der Waals surface area contributed by atoms with Gasteiger partial charge in [-0.3, -0.25) is 4.79 Å². The molecule has 1 aromatic rings. The lowest BCUT2D eigenvalue weighted by molar-refractivity contribution is 0.0647. The third kappa shape index (κ3) is 3.35. The van der Waals surface area contributed by atoms with E-state index in [1.807, 2.05) is 0 Å². The van der Waals surface area contributed by atoms with Crippen molar-refractivity contribution in [3.05, 3.63) is 29.6 Å². The highest BCUT2D eigenvalue weighted by atomic mass is 19.1. The zero-order chi connectivity index (χ0) is 15.4. The molecule has 0 aliphatic heterocycles. The number of hydrogen-bond donors (Lipinski definition) is 1. The molecule has 1 N–H and O–H groups in total. The summed E-state index contributed by atoms with van der Waals surface area (Å²) >= 11 is 0. The van der Waals surface area contributed by atoms with Crippen LogP contribution >= 0.6 is 0 Å². The second-order valence-electron chi connectivity index (χ2n) is 5.59. The Balaban J connectivity index is 2.09. The number of amides is 1. The molecule has 0 radical (unpaired) electrons. The van der Waals surface area contributed by atoms with Crippen LogP contribution in [0.3, 0.4) is 0 Å². The summed E-state index contributed by atoms with van der Waals surface area (Å²) in [4.78, 5) is 14.1. The summed E-state index contributed by atoms with van der Waals surface area (Å²) in [6, 6.07) is 4.70. The van der Waals surface area contributed by atoms with Crippen molar-refractivity contribution in [1.29, 1.82) is 0 Å². The molecule has 0 spiro atoms. The Morgan fingerprint density at radius 1 is 1.38 bits per heavy atom. The highest BCUT2D eigenvalue weighted by molar-refractivity contribution is 5.95. The molecule has 2 rings (SSSR count). The van der Waals surface area contributed by atoms with Gasteiger partial charge in [0.05, 0.1) is 12.7 Å².